The number of pyridine rings is 1. The molecule has 3 N–H and O–H groups in total. The first-order valence-corrected chi connectivity index (χ1v) is 6.40. The highest BCUT2D eigenvalue weighted by Crippen LogP contribution is 2.27. The Morgan fingerprint density at radius 2 is 1.94 bits per heavy atom. The zero-order valence-electron chi connectivity index (χ0n) is 9.84. The lowest BCUT2D eigenvalue weighted by atomic mass is 10.3. The fourth-order valence-corrected chi connectivity index (χ4v) is 2.55. The molecule has 0 aliphatic carbocycles. The summed E-state index contributed by atoms with van der Waals surface area (Å²) in [4.78, 5) is 8.86. The number of hydrogen-bond donors (Lipinski definition) is 2. The molecule has 0 spiro atoms. The number of nitrogens with zero attached hydrogens (tertiary/aromatic N) is 2. The summed E-state index contributed by atoms with van der Waals surface area (Å²) < 4.78 is 1.16. The summed E-state index contributed by atoms with van der Waals surface area (Å²) in [6, 6.07) is 11.7. The van der Waals surface area contributed by atoms with Crippen LogP contribution in [0.1, 0.15) is 5.69 Å². The minimum Gasteiger partial charge on any atom is -0.397 e. The van der Waals surface area contributed by atoms with E-state index in [1.807, 2.05) is 37.3 Å². The van der Waals surface area contributed by atoms with Gasteiger partial charge < -0.3 is 11.1 Å². The van der Waals surface area contributed by atoms with Gasteiger partial charge in [-0.15, -0.1) is 0 Å². The van der Waals surface area contributed by atoms with Gasteiger partial charge in [0.25, 0.3) is 0 Å². The molecule has 0 radical (unpaired) electrons. The van der Waals surface area contributed by atoms with Crippen LogP contribution in [0.2, 0.25) is 0 Å². The highest BCUT2D eigenvalue weighted by Gasteiger charge is 2.04. The van der Waals surface area contributed by atoms with E-state index < -0.39 is 0 Å². The van der Waals surface area contributed by atoms with E-state index in [9.17, 15) is 0 Å². The molecule has 3 aromatic rings. The van der Waals surface area contributed by atoms with Gasteiger partial charge in [-0.3, -0.25) is 0 Å². The predicted octanol–water partition coefficient (Wildman–Crippen LogP) is 3.33. The molecule has 0 aliphatic heterocycles. The minimum absolute atomic E-state index is 0.699. The van der Waals surface area contributed by atoms with Gasteiger partial charge in [0, 0.05) is 0 Å². The molecule has 90 valence electrons. The minimum atomic E-state index is 0.699. The summed E-state index contributed by atoms with van der Waals surface area (Å²) in [5.41, 5.74) is 8.26. The SMILES string of the molecule is Cc1nc(Nc2nc3ccccc3s2)ccc1N. The number of nitrogen functional groups attached to an aromatic ring is 1. The van der Waals surface area contributed by atoms with Gasteiger partial charge in [0.15, 0.2) is 5.13 Å². The summed E-state index contributed by atoms with van der Waals surface area (Å²) in [5.74, 6) is 0.765. The van der Waals surface area contributed by atoms with E-state index >= 15 is 0 Å². The molecule has 2 aromatic heterocycles. The van der Waals surface area contributed by atoms with Crippen molar-refractivity contribution in [2.75, 3.05) is 11.1 Å². The van der Waals surface area contributed by atoms with Crippen molar-refractivity contribution < 1.29 is 0 Å². The van der Waals surface area contributed by atoms with Crippen LogP contribution >= 0.6 is 11.3 Å². The molecule has 0 saturated heterocycles. The van der Waals surface area contributed by atoms with Crippen molar-refractivity contribution in [3.8, 4) is 0 Å². The lowest BCUT2D eigenvalue weighted by Gasteiger charge is -2.04. The smallest absolute Gasteiger partial charge is 0.189 e. The van der Waals surface area contributed by atoms with Crippen molar-refractivity contribution >= 4 is 38.2 Å². The van der Waals surface area contributed by atoms with Crippen molar-refractivity contribution in [3.63, 3.8) is 0 Å². The second-order valence-electron chi connectivity index (χ2n) is 3.98. The Morgan fingerprint density at radius 3 is 2.72 bits per heavy atom. The Hall–Kier alpha value is -2.14. The topological polar surface area (TPSA) is 63.8 Å². The summed E-state index contributed by atoms with van der Waals surface area (Å²) in [6.45, 7) is 1.89. The Morgan fingerprint density at radius 1 is 1.11 bits per heavy atom. The Labute approximate surface area is 109 Å². The van der Waals surface area contributed by atoms with E-state index in [4.69, 9.17) is 5.73 Å². The number of anilines is 3. The van der Waals surface area contributed by atoms with Crippen LogP contribution in [0.25, 0.3) is 10.2 Å². The first-order chi connectivity index (χ1) is 8.72. The van der Waals surface area contributed by atoms with Crippen LogP contribution < -0.4 is 11.1 Å². The van der Waals surface area contributed by atoms with Gasteiger partial charge in [0.1, 0.15) is 5.82 Å². The number of rotatable bonds is 2. The van der Waals surface area contributed by atoms with Gasteiger partial charge in [-0.1, -0.05) is 23.5 Å². The monoisotopic (exact) mass is 256 g/mol. The second kappa shape index (κ2) is 4.27. The van der Waals surface area contributed by atoms with Crippen LogP contribution in [-0.4, -0.2) is 9.97 Å². The molecule has 0 bridgehead atoms. The number of nitrogens with two attached hydrogens (primary N) is 1. The lowest BCUT2D eigenvalue weighted by Crippen LogP contribution is -1.97. The third-order valence-corrected chi connectivity index (χ3v) is 3.61. The van der Waals surface area contributed by atoms with Crippen molar-refractivity contribution in [2.24, 2.45) is 0 Å². The van der Waals surface area contributed by atoms with Gasteiger partial charge in [0.2, 0.25) is 0 Å². The molecule has 0 saturated carbocycles. The Bertz CT molecular complexity index is 672. The largest absolute Gasteiger partial charge is 0.397 e. The molecule has 0 aliphatic rings. The van der Waals surface area contributed by atoms with Crippen LogP contribution in [-0.2, 0) is 0 Å². The maximum Gasteiger partial charge on any atom is 0.189 e. The maximum absolute atomic E-state index is 5.74. The zero-order valence-corrected chi connectivity index (χ0v) is 10.7. The fraction of sp³-hybridized carbons (Fsp3) is 0.0769. The molecule has 0 unspecified atom stereocenters. The van der Waals surface area contributed by atoms with Crippen molar-refractivity contribution in [3.05, 3.63) is 42.1 Å². The van der Waals surface area contributed by atoms with Crippen LogP contribution in [0.5, 0.6) is 0 Å². The predicted molar refractivity (Wildman–Crippen MR) is 76.3 cm³/mol. The first kappa shape index (κ1) is 11.0. The number of thiazole rings is 1. The molecule has 2 heterocycles. The average molecular weight is 256 g/mol. The van der Waals surface area contributed by atoms with E-state index in [-0.39, 0.29) is 0 Å². The lowest BCUT2D eigenvalue weighted by molar-refractivity contribution is 1.20. The summed E-state index contributed by atoms with van der Waals surface area (Å²) in [7, 11) is 0. The van der Waals surface area contributed by atoms with Crippen molar-refractivity contribution in [2.45, 2.75) is 6.92 Å². The second-order valence-corrected chi connectivity index (χ2v) is 5.01. The Kier molecular flexibility index (Phi) is 2.60. The molecule has 0 amide bonds. The molecule has 5 heteroatoms. The molecule has 18 heavy (non-hydrogen) atoms. The normalized spacial score (nSPS) is 10.7. The highest BCUT2D eigenvalue weighted by atomic mass is 32.1. The Balaban J connectivity index is 1.93. The molecular formula is C13H12N4S. The van der Waals surface area contributed by atoms with Crippen molar-refractivity contribution in [1.29, 1.82) is 0 Å². The molecule has 0 fully saturated rings. The van der Waals surface area contributed by atoms with E-state index in [0.29, 0.717) is 5.69 Å². The van der Waals surface area contributed by atoms with Gasteiger partial charge in [-0.25, -0.2) is 9.97 Å². The third-order valence-electron chi connectivity index (χ3n) is 2.66. The molecule has 1 aromatic carbocycles. The van der Waals surface area contributed by atoms with Gasteiger partial charge in [-0.2, -0.15) is 0 Å². The summed E-state index contributed by atoms with van der Waals surface area (Å²) in [5, 5.41) is 4.04. The zero-order chi connectivity index (χ0) is 12.5. The van der Waals surface area contributed by atoms with Gasteiger partial charge >= 0.3 is 0 Å². The number of aromatic nitrogens is 2. The van der Waals surface area contributed by atoms with E-state index in [1.54, 1.807) is 11.3 Å². The van der Waals surface area contributed by atoms with E-state index in [1.165, 1.54) is 0 Å². The van der Waals surface area contributed by atoms with Gasteiger partial charge in [0.05, 0.1) is 21.6 Å². The van der Waals surface area contributed by atoms with E-state index in [0.717, 1.165) is 26.9 Å². The summed E-state index contributed by atoms with van der Waals surface area (Å²) >= 11 is 1.61. The first-order valence-electron chi connectivity index (χ1n) is 5.58. The molecule has 3 rings (SSSR count). The maximum atomic E-state index is 5.74. The van der Waals surface area contributed by atoms with Crippen LogP contribution in [0, 0.1) is 6.92 Å². The average Bonchev–Trinajstić information content (AvgIpc) is 2.76. The molecule has 4 nitrogen and oxygen atoms in total. The summed E-state index contributed by atoms with van der Waals surface area (Å²) in [6.07, 6.45) is 0. The standard InChI is InChI=1S/C13H12N4S/c1-8-9(14)6-7-12(15-8)17-13-16-10-4-2-3-5-11(10)18-13/h2-7H,14H2,1H3,(H,15,16,17). The van der Waals surface area contributed by atoms with Crippen molar-refractivity contribution in [1.82, 2.24) is 9.97 Å². The highest BCUT2D eigenvalue weighted by molar-refractivity contribution is 7.22. The molecule has 0 atom stereocenters. The fourth-order valence-electron chi connectivity index (χ4n) is 1.68. The number of para-hydroxylation sites is 1. The third kappa shape index (κ3) is 2.00. The number of fused-ring (bicyclic) bond motifs is 1. The number of hydrogen-bond acceptors (Lipinski definition) is 5. The van der Waals surface area contributed by atoms with E-state index in [2.05, 4.69) is 21.4 Å². The number of benzene rings is 1. The number of nitrogens with one attached hydrogen (secondary N) is 1. The van der Waals surface area contributed by atoms with Crippen LogP contribution in [0.15, 0.2) is 36.4 Å². The number of aryl methyl sites for hydroxylation is 1. The van der Waals surface area contributed by atoms with Gasteiger partial charge in [-0.05, 0) is 31.2 Å². The van der Waals surface area contributed by atoms with Crippen LogP contribution in [0.3, 0.4) is 0 Å². The molecular weight excluding hydrogens is 244 g/mol. The quantitative estimate of drug-likeness (QED) is 0.738. The van der Waals surface area contributed by atoms with Crippen LogP contribution in [0.4, 0.5) is 16.6 Å².